The second kappa shape index (κ2) is 9.03. The van der Waals surface area contributed by atoms with Gasteiger partial charge in [0.05, 0.1) is 0 Å². The van der Waals surface area contributed by atoms with E-state index in [1.54, 1.807) is 0 Å². The summed E-state index contributed by atoms with van der Waals surface area (Å²) in [4.78, 5) is 0. The van der Waals surface area contributed by atoms with Crippen LogP contribution in [0.2, 0.25) is 5.02 Å². The summed E-state index contributed by atoms with van der Waals surface area (Å²) in [6.07, 6.45) is 0. The smallest absolute Gasteiger partial charge is 0.170 e. The van der Waals surface area contributed by atoms with Crippen LogP contribution in [0.3, 0.4) is 0 Å². The van der Waals surface area contributed by atoms with Crippen LogP contribution in [0.15, 0.2) is 48.5 Å². The van der Waals surface area contributed by atoms with Crippen molar-refractivity contribution in [2.45, 2.75) is 12.7 Å². The van der Waals surface area contributed by atoms with Crippen LogP contribution in [0.25, 0.3) is 0 Å². The SMILES string of the molecule is Cc1ccccc1CSCCNC(=S)Nc1ccc(Cl)cc1. The first kappa shape index (κ1) is 17.1. The van der Waals surface area contributed by atoms with Crippen LogP contribution in [-0.4, -0.2) is 17.4 Å². The molecule has 5 heteroatoms. The second-order valence-electron chi connectivity index (χ2n) is 4.87. The van der Waals surface area contributed by atoms with Gasteiger partial charge in [-0.3, -0.25) is 0 Å². The van der Waals surface area contributed by atoms with Gasteiger partial charge in [-0.25, -0.2) is 0 Å². The molecule has 116 valence electrons. The van der Waals surface area contributed by atoms with Gasteiger partial charge >= 0.3 is 0 Å². The number of halogens is 1. The number of anilines is 1. The number of benzene rings is 2. The van der Waals surface area contributed by atoms with Crippen molar-refractivity contribution in [2.24, 2.45) is 0 Å². The molecule has 2 nitrogen and oxygen atoms in total. The quantitative estimate of drug-likeness (QED) is 0.573. The zero-order valence-electron chi connectivity index (χ0n) is 12.4. The molecule has 0 fully saturated rings. The highest BCUT2D eigenvalue weighted by molar-refractivity contribution is 7.98. The summed E-state index contributed by atoms with van der Waals surface area (Å²) in [5, 5.41) is 7.71. The molecular weight excluding hydrogens is 332 g/mol. The highest BCUT2D eigenvalue weighted by Gasteiger charge is 1.99. The highest BCUT2D eigenvalue weighted by atomic mass is 35.5. The van der Waals surface area contributed by atoms with E-state index < -0.39 is 0 Å². The molecule has 0 aliphatic heterocycles. The molecule has 0 saturated heterocycles. The number of hydrogen-bond donors (Lipinski definition) is 2. The molecular formula is C17H19ClN2S2. The lowest BCUT2D eigenvalue weighted by Gasteiger charge is -2.10. The fourth-order valence-corrected chi connectivity index (χ4v) is 3.18. The predicted octanol–water partition coefficient (Wildman–Crippen LogP) is 4.87. The Kier molecular flexibility index (Phi) is 7.03. The molecule has 0 aliphatic rings. The largest absolute Gasteiger partial charge is 0.362 e. The highest BCUT2D eigenvalue weighted by Crippen LogP contribution is 2.15. The summed E-state index contributed by atoms with van der Waals surface area (Å²) in [6, 6.07) is 16.0. The van der Waals surface area contributed by atoms with Gasteiger partial charge in [0.25, 0.3) is 0 Å². The Morgan fingerprint density at radius 2 is 1.86 bits per heavy atom. The normalized spacial score (nSPS) is 10.3. The number of aryl methyl sites for hydroxylation is 1. The first-order valence-corrected chi connectivity index (χ1v) is 9.02. The lowest BCUT2D eigenvalue weighted by Crippen LogP contribution is -2.30. The Balaban J connectivity index is 1.63. The zero-order chi connectivity index (χ0) is 15.8. The summed E-state index contributed by atoms with van der Waals surface area (Å²) in [7, 11) is 0. The summed E-state index contributed by atoms with van der Waals surface area (Å²) >= 11 is 13.0. The molecule has 2 aromatic carbocycles. The zero-order valence-corrected chi connectivity index (χ0v) is 14.8. The standard InChI is InChI=1S/C17H19ClN2S2/c1-13-4-2-3-5-14(13)12-22-11-10-19-17(21)20-16-8-6-15(18)7-9-16/h2-9H,10-12H2,1H3,(H2,19,20,21). The minimum absolute atomic E-state index is 0.638. The molecule has 2 rings (SSSR count). The average Bonchev–Trinajstić information content (AvgIpc) is 2.51. The van der Waals surface area contributed by atoms with Crippen molar-refractivity contribution in [2.75, 3.05) is 17.6 Å². The lowest BCUT2D eigenvalue weighted by molar-refractivity contribution is 0.989. The van der Waals surface area contributed by atoms with Crippen molar-refractivity contribution in [3.05, 3.63) is 64.7 Å². The third-order valence-corrected chi connectivity index (χ3v) is 4.66. The van der Waals surface area contributed by atoms with Gasteiger partial charge in [0.1, 0.15) is 0 Å². The van der Waals surface area contributed by atoms with Crippen LogP contribution in [0.5, 0.6) is 0 Å². The fraction of sp³-hybridized carbons (Fsp3) is 0.235. The van der Waals surface area contributed by atoms with E-state index >= 15 is 0 Å². The maximum Gasteiger partial charge on any atom is 0.170 e. The van der Waals surface area contributed by atoms with E-state index in [0.29, 0.717) is 5.11 Å². The maximum absolute atomic E-state index is 5.85. The number of thioether (sulfide) groups is 1. The van der Waals surface area contributed by atoms with E-state index in [-0.39, 0.29) is 0 Å². The van der Waals surface area contributed by atoms with Crippen molar-refractivity contribution in [1.82, 2.24) is 5.32 Å². The molecule has 0 atom stereocenters. The van der Waals surface area contributed by atoms with Gasteiger partial charge in [0.15, 0.2) is 5.11 Å². The van der Waals surface area contributed by atoms with Crippen molar-refractivity contribution in [3.63, 3.8) is 0 Å². The lowest BCUT2D eigenvalue weighted by atomic mass is 10.1. The summed E-state index contributed by atoms with van der Waals surface area (Å²) < 4.78 is 0. The van der Waals surface area contributed by atoms with E-state index in [1.165, 1.54) is 11.1 Å². The van der Waals surface area contributed by atoms with Gasteiger partial charge in [0.2, 0.25) is 0 Å². The average molecular weight is 351 g/mol. The third-order valence-electron chi connectivity index (χ3n) is 3.15. The topological polar surface area (TPSA) is 24.1 Å². The van der Waals surface area contributed by atoms with E-state index in [0.717, 1.165) is 28.8 Å². The molecule has 0 aliphatic carbocycles. The molecule has 0 heterocycles. The molecule has 0 spiro atoms. The van der Waals surface area contributed by atoms with Crippen molar-refractivity contribution < 1.29 is 0 Å². The molecule has 22 heavy (non-hydrogen) atoms. The van der Waals surface area contributed by atoms with Crippen LogP contribution in [0, 0.1) is 6.92 Å². The van der Waals surface area contributed by atoms with E-state index in [9.17, 15) is 0 Å². The van der Waals surface area contributed by atoms with E-state index in [4.69, 9.17) is 23.8 Å². The molecule has 0 aromatic heterocycles. The van der Waals surface area contributed by atoms with E-state index in [2.05, 4.69) is 41.8 Å². The first-order chi connectivity index (χ1) is 10.6. The minimum Gasteiger partial charge on any atom is -0.362 e. The Labute approximate surface area is 146 Å². The number of nitrogens with one attached hydrogen (secondary N) is 2. The van der Waals surface area contributed by atoms with Crippen molar-refractivity contribution in [3.8, 4) is 0 Å². The summed E-state index contributed by atoms with van der Waals surface area (Å²) in [6.45, 7) is 3.00. The van der Waals surface area contributed by atoms with Gasteiger partial charge in [-0.05, 0) is 54.5 Å². The van der Waals surface area contributed by atoms with Crippen LogP contribution in [0.1, 0.15) is 11.1 Å². The molecule has 2 aromatic rings. The van der Waals surface area contributed by atoms with Crippen molar-refractivity contribution >= 4 is 46.4 Å². The first-order valence-electron chi connectivity index (χ1n) is 7.08. The van der Waals surface area contributed by atoms with E-state index in [1.807, 2.05) is 36.0 Å². The number of hydrogen-bond acceptors (Lipinski definition) is 2. The Hall–Kier alpha value is -1.23. The summed E-state index contributed by atoms with van der Waals surface area (Å²) in [5.74, 6) is 2.04. The van der Waals surface area contributed by atoms with Crippen LogP contribution < -0.4 is 10.6 Å². The molecule has 0 radical (unpaired) electrons. The Morgan fingerprint density at radius 1 is 1.14 bits per heavy atom. The van der Waals surface area contributed by atoms with Gasteiger partial charge in [-0.1, -0.05) is 35.9 Å². The van der Waals surface area contributed by atoms with Crippen LogP contribution in [0.4, 0.5) is 5.69 Å². The van der Waals surface area contributed by atoms with Gasteiger partial charge in [0, 0.05) is 28.8 Å². The molecule has 0 saturated carbocycles. The molecule has 2 N–H and O–H groups in total. The summed E-state index contributed by atoms with van der Waals surface area (Å²) in [5.41, 5.74) is 3.69. The fourth-order valence-electron chi connectivity index (χ4n) is 1.90. The van der Waals surface area contributed by atoms with Gasteiger partial charge in [-0.2, -0.15) is 11.8 Å². The maximum atomic E-state index is 5.85. The monoisotopic (exact) mass is 350 g/mol. The second-order valence-corrected chi connectivity index (χ2v) is 6.82. The number of thiocarbonyl (C=S) groups is 1. The predicted molar refractivity (Wildman–Crippen MR) is 103 cm³/mol. The number of rotatable bonds is 6. The minimum atomic E-state index is 0.638. The molecule has 0 bridgehead atoms. The third kappa shape index (κ3) is 5.87. The van der Waals surface area contributed by atoms with Gasteiger partial charge in [-0.15, -0.1) is 0 Å². The van der Waals surface area contributed by atoms with Gasteiger partial charge < -0.3 is 10.6 Å². The van der Waals surface area contributed by atoms with Crippen molar-refractivity contribution in [1.29, 1.82) is 0 Å². The molecule has 0 unspecified atom stereocenters. The Morgan fingerprint density at radius 3 is 2.59 bits per heavy atom. The Bertz CT molecular complexity index is 614. The van der Waals surface area contributed by atoms with Crippen LogP contribution >= 0.6 is 35.6 Å². The molecule has 0 amide bonds. The van der Waals surface area contributed by atoms with Crippen LogP contribution in [-0.2, 0) is 5.75 Å².